The van der Waals surface area contributed by atoms with Crippen LogP contribution >= 0.6 is 0 Å². The number of hydrogen-bond donors (Lipinski definition) is 1. The van der Waals surface area contributed by atoms with Gasteiger partial charge in [0.25, 0.3) is 0 Å². The summed E-state index contributed by atoms with van der Waals surface area (Å²) in [6.07, 6.45) is 0. The Morgan fingerprint density at radius 1 is 1.00 bits per heavy atom. The standard InChI is InChI=1S/C15H14N2O/c1-11(17)13-4-8-15(9-5-13)18-14-6-2-12(10-16)3-7-14/h2-9,11H,17H2,1H3/t11-/m0/s1. The first-order valence-corrected chi connectivity index (χ1v) is 5.72. The molecule has 0 saturated carbocycles. The summed E-state index contributed by atoms with van der Waals surface area (Å²) in [7, 11) is 0. The Bertz CT molecular complexity index is 551. The van der Waals surface area contributed by atoms with E-state index in [1.165, 1.54) is 0 Å². The van der Waals surface area contributed by atoms with Crippen molar-refractivity contribution in [2.75, 3.05) is 0 Å². The van der Waals surface area contributed by atoms with Crippen molar-refractivity contribution in [3.63, 3.8) is 0 Å². The number of ether oxygens (including phenoxy) is 1. The Labute approximate surface area is 106 Å². The van der Waals surface area contributed by atoms with Gasteiger partial charge in [-0.25, -0.2) is 0 Å². The van der Waals surface area contributed by atoms with Gasteiger partial charge in [-0.1, -0.05) is 12.1 Å². The predicted molar refractivity (Wildman–Crippen MR) is 70.3 cm³/mol. The summed E-state index contributed by atoms with van der Waals surface area (Å²) in [5, 5.41) is 8.70. The van der Waals surface area contributed by atoms with Crippen LogP contribution in [-0.2, 0) is 0 Å². The molecule has 3 heteroatoms. The first kappa shape index (κ1) is 12.2. The molecule has 0 spiro atoms. The molecule has 0 fully saturated rings. The summed E-state index contributed by atoms with van der Waals surface area (Å²) in [5.41, 5.74) is 7.47. The van der Waals surface area contributed by atoms with E-state index in [4.69, 9.17) is 15.7 Å². The number of nitrogens with two attached hydrogens (primary N) is 1. The number of nitrogens with zero attached hydrogens (tertiary/aromatic N) is 1. The van der Waals surface area contributed by atoms with Crippen molar-refractivity contribution in [3.8, 4) is 17.6 Å². The summed E-state index contributed by atoms with van der Waals surface area (Å²) in [6.45, 7) is 1.94. The summed E-state index contributed by atoms with van der Waals surface area (Å²) >= 11 is 0. The molecule has 0 aliphatic heterocycles. The van der Waals surface area contributed by atoms with Gasteiger partial charge in [0.1, 0.15) is 11.5 Å². The van der Waals surface area contributed by atoms with Crippen molar-refractivity contribution in [2.24, 2.45) is 5.73 Å². The van der Waals surface area contributed by atoms with E-state index >= 15 is 0 Å². The minimum Gasteiger partial charge on any atom is -0.457 e. The summed E-state index contributed by atoms with van der Waals surface area (Å²) in [5.74, 6) is 1.46. The van der Waals surface area contributed by atoms with Crippen molar-refractivity contribution in [1.29, 1.82) is 5.26 Å². The normalized spacial score (nSPS) is 11.6. The second-order valence-electron chi connectivity index (χ2n) is 4.10. The second-order valence-corrected chi connectivity index (χ2v) is 4.10. The topological polar surface area (TPSA) is 59.0 Å². The molecule has 2 aromatic carbocycles. The minimum absolute atomic E-state index is 0.0222. The molecule has 1 atom stereocenters. The fraction of sp³-hybridized carbons (Fsp3) is 0.133. The van der Waals surface area contributed by atoms with Crippen LogP contribution in [0.3, 0.4) is 0 Å². The Morgan fingerprint density at radius 2 is 1.50 bits per heavy atom. The lowest BCUT2D eigenvalue weighted by Crippen LogP contribution is -2.04. The van der Waals surface area contributed by atoms with Crippen molar-refractivity contribution >= 4 is 0 Å². The Balaban J connectivity index is 2.11. The van der Waals surface area contributed by atoms with Crippen molar-refractivity contribution in [1.82, 2.24) is 0 Å². The third-order valence-corrected chi connectivity index (χ3v) is 2.63. The zero-order chi connectivity index (χ0) is 13.0. The quantitative estimate of drug-likeness (QED) is 0.891. The molecule has 0 amide bonds. The van der Waals surface area contributed by atoms with E-state index in [0.717, 1.165) is 11.3 Å². The van der Waals surface area contributed by atoms with Gasteiger partial charge in [0.05, 0.1) is 11.6 Å². The Morgan fingerprint density at radius 3 is 1.94 bits per heavy atom. The van der Waals surface area contributed by atoms with Crippen molar-refractivity contribution < 1.29 is 4.74 Å². The zero-order valence-corrected chi connectivity index (χ0v) is 10.1. The lowest BCUT2D eigenvalue weighted by molar-refractivity contribution is 0.482. The van der Waals surface area contributed by atoms with E-state index in [0.29, 0.717) is 11.3 Å². The largest absolute Gasteiger partial charge is 0.457 e. The van der Waals surface area contributed by atoms with Crippen LogP contribution in [0.15, 0.2) is 48.5 Å². The van der Waals surface area contributed by atoms with Crippen LogP contribution in [0.4, 0.5) is 0 Å². The highest BCUT2D eigenvalue weighted by Gasteiger charge is 2.01. The lowest BCUT2D eigenvalue weighted by atomic mass is 10.1. The predicted octanol–water partition coefficient (Wildman–Crippen LogP) is 3.37. The maximum Gasteiger partial charge on any atom is 0.127 e. The van der Waals surface area contributed by atoms with E-state index in [-0.39, 0.29) is 6.04 Å². The van der Waals surface area contributed by atoms with Gasteiger partial charge in [-0.15, -0.1) is 0 Å². The highest BCUT2D eigenvalue weighted by atomic mass is 16.5. The van der Waals surface area contributed by atoms with Crippen LogP contribution in [0.1, 0.15) is 24.1 Å². The fourth-order valence-electron chi connectivity index (χ4n) is 1.57. The fourth-order valence-corrected chi connectivity index (χ4v) is 1.57. The van der Waals surface area contributed by atoms with Crippen LogP contribution in [0.25, 0.3) is 0 Å². The summed E-state index contributed by atoms with van der Waals surface area (Å²) in [4.78, 5) is 0. The van der Waals surface area contributed by atoms with Gasteiger partial charge in [0.2, 0.25) is 0 Å². The van der Waals surface area contributed by atoms with Crippen LogP contribution in [-0.4, -0.2) is 0 Å². The molecule has 2 rings (SSSR count). The van der Waals surface area contributed by atoms with Gasteiger partial charge in [0.15, 0.2) is 0 Å². The van der Waals surface area contributed by atoms with E-state index in [1.54, 1.807) is 24.3 Å². The molecular weight excluding hydrogens is 224 g/mol. The van der Waals surface area contributed by atoms with Crippen molar-refractivity contribution in [2.45, 2.75) is 13.0 Å². The zero-order valence-electron chi connectivity index (χ0n) is 10.1. The Kier molecular flexibility index (Phi) is 3.61. The highest BCUT2D eigenvalue weighted by molar-refractivity contribution is 5.38. The van der Waals surface area contributed by atoms with Crippen LogP contribution in [0.5, 0.6) is 11.5 Å². The third-order valence-electron chi connectivity index (χ3n) is 2.63. The monoisotopic (exact) mass is 238 g/mol. The maximum absolute atomic E-state index is 8.70. The molecule has 0 saturated heterocycles. The molecule has 90 valence electrons. The summed E-state index contributed by atoms with van der Waals surface area (Å²) in [6, 6.07) is 16.8. The molecule has 0 unspecified atom stereocenters. The molecule has 2 aromatic rings. The Hall–Kier alpha value is -2.31. The highest BCUT2D eigenvalue weighted by Crippen LogP contribution is 2.23. The molecule has 2 N–H and O–H groups in total. The molecule has 0 bridgehead atoms. The smallest absolute Gasteiger partial charge is 0.127 e. The van der Waals surface area contributed by atoms with Gasteiger partial charge in [-0.3, -0.25) is 0 Å². The lowest BCUT2D eigenvalue weighted by Gasteiger charge is -2.08. The van der Waals surface area contributed by atoms with E-state index < -0.39 is 0 Å². The van der Waals surface area contributed by atoms with Crippen LogP contribution < -0.4 is 10.5 Å². The van der Waals surface area contributed by atoms with Crippen LogP contribution in [0, 0.1) is 11.3 Å². The molecule has 0 heterocycles. The molecular formula is C15H14N2O. The van der Waals surface area contributed by atoms with E-state index in [9.17, 15) is 0 Å². The molecule has 18 heavy (non-hydrogen) atoms. The molecule has 0 aliphatic carbocycles. The van der Waals surface area contributed by atoms with Gasteiger partial charge in [0, 0.05) is 6.04 Å². The van der Waals surface area contributed by atoms with Gasteiger partial charge in [-0.2, -0.15) is 5.26 Å². The molecule has 0 radical (unpaired) electrons. The number of rotatable bonds is 3. The van der Waals surface area contributed by atoms with Gasteiger partial charge < -0.3 is 10.5 Å². The average molecular weight is 238 g/mol. The molecule has 0 aromatic heterocycles. The third kappa shape index (κ3) is 2.88. The second kappa shape index (κ2) is 5.35. The first-order valence-electron chi connectivity index (χ1n) is 5.72. The minimum atomic E-state index is 0.0222. The van der Waals surface area contributed by atoms with Gasteiger partial charge in [-0.05, 0) is 48.9 Å². The maximum atomic E-state index is 8.70. The number of hydrogen-bond acceptors (Lipinski definition) is 3. The summed E-state index contributed by atoms with van der Waals surface area (Å²) < 4.78 is 5.66. The number of benzene rings is 2. The first-order chi connectivity index (χ1) is 8.69. The van der Waals surface area contributed by atoms with Gasteiger partial charge >= 0.3 is 0 Å². The molecule has 0 aliphatic rings. The van der Waals surface area contributed by atoms with E-state index in [1.807, 2.05) is 31.2 Å². The average Bonchev–Trinajstić information content (AvgIpc) is 2.40. The number of nitriles is 1. The van der Waals surface area contributed by atoms with Crippen molar-refractivity contribution in [3.05, 3.63) is 59.7 Å². The SMILES string of the molecule is C[C@H](N)c1ccc(Oc2ccc(C#N)cc2)cc1. The molecule has 3 nitrogen and oxygen atoms in total. The van der Waals surface area contributed by atoms with E-state index in [2.05, 4.69) is 6.07 Å². The van der Waals surface area contributed by atoms with Crippen LogP contribution in [0.2, 0.25) is 0 Å².